The molecule has 2 N–H and O–H groups in total. The average Bonchev–Trinajstić information content (AvgIpc) is 2.78. The maximum Gasteiger partial charge on any atom is 0.0534 e. The first-order chi connectivity index (χ1) is 8.61. The Bertz CT molecular complexity index is 377. The molecule has 110 valence electrons. The van der Waals surface area contributed by atoms with Crippen LogP contribution in [0.2, 0.25) is 0 Å². The van der Waals surface area contributed by atoms with E-state index in [0.717, 1.165) is 13.1 Å². The molecular weight excluding hydrogens is 260 g/mol. The van der Waals surface area contributed by atoms with Gasteiger partial charge in [0.05, 0.1) is 6.20 Å². The van der Waals surface area contributed by atoms with Gasteiger partial charge in [-0.1, -0.05) is 6.92 Å². The molecule has 0 bridgehead atoms. The first-order valence-corrected chi connectivity index (χ1v) is 7.09. The first-order valence-electron chi connectivity index (χ1n) is 7.09. The van der Waals surface area contributed by atoms with Crippen LogP contribution in [0.15, 0.2) is 12.4 Å². The van der Waals surface area contributed by atoms with Gasteiger partial charge in [0.15, 0.2) is 0 Å². The largest absolute Gasteiger partial charge is 0.329 e. The molecule has 0 aromatic carbocycles. The fourth-order valence-electron chi connectivity index (χ4n) is 2.89. The van der Waals surface area contributed by atoms with Crippen molar-refractivity contribution in [1.82, 2.24) is 14.7 Å². The van der Waals surface area contributed by atoms with Gasteiger partial charge in [0.25, 0.3) is 0 Å². The Morgan fingerprint density at radius 3 is 2.79 bits per heavy atom. The van der Waals surface area contributed by atoms with E-state index in [0.29, 0.717) is 18.0 Å². The van der Waals surface area contributed by atoms with Crippen molar-refractivity contribution >= 4 is 12.4 Å². The van der Waals surface area contributed by atoms with E-state index in [9.17, 15) is 0 Å². The highest BCUT2D eigenvalue weighted by atomic mass is 35.5. The summed E-state index contributed by atoms with van der Waals surface area (Å²) in [7, 11) is 0. The SMILES string of the molecule is CC1CCCN(Cc2cnn(C(C)C)c2)C1CN.Cl. The van der Waals surface area contributed by atoms with Crippen molar-refractivity contribution in [1.29, 1.82) is 0 Å². The second kappa shape index (κ2) is 7.27. The maximum atomic E-state index is 5.93. The zero-order chi connectivity index (χ0) is 13.1. The number of hydrogen-bond acceptors (Lipinski definition) is 3. The molecule has 2 heterocycles. The molecule has 0 radical (unpaired) electrons. The Labute approximate surface area is 122 Å². The molecule has 1 saturated heterocycles. The number of hydrogen-bond donors (Lipinski definition) is 1. The van der Waals surface area contributed by atoms with Gasteiger partial charge >= 0.3 is 0 Å². The van der Waals surface area contributed by atoms with Crippen LogP contribution < -0.4 is 5.73 Å². The number of likely N-dealkylation sites (tertiary alicyclic amines) is 1. The van der Waals surface area contributed by atoms with Crippen molar-refractivity contribution in [3.05, 3.63) is 18.0 Å². The van der Waals surface area contributed by atoms with Gasteiger partial charge in [-0.05, 0) is 39.2 Å². The number of aromatic nitrogens is 2. The number of nitrogens with two attached hydrogens (primary N) is 1. The van der Waals surface area contributed by atoms with E-state index in [2.05, 4.69) is 37.0 Å². The third-order valence-electron chi connectivity index (χ3n) is 4.04. The van der Waals surface area contributed by atoms with Crippen LogP contribution in [0.3, 0.4) is 0 Å². The first kappa shape index (κ1) is 16.5. The van der Waals surface area contributed by atoms with Gasteiger partial charge in [0, 0.05) is 36.9 Å². The standard InChI is InChI=1S/C14H26N4.ClH/c1-11(2)18-10-13(8-16-18)9-17-6-4-5-12(3)14(17)7-15;/h8,10-12,14H,4-7,9,15H2,1-3H3;1H. The minimum atomic E-state index is 0. The van der Waals surface area contributed by atoms with Crippen LogP contribution in [0, 0.1) is 5.92 Å². The lowest BCUT2D eigenvalue weighted by Crippen LogP contribution is -2.47. The summed E-state index contributed by atoms with van der Waals surface area (Å²) < 4.78 is 2.03. The van der Waals surface area contributed by atoms with Crippen molar-refractivity contribution in [2.24, 2.45) is 11.7 Å². The topological polar surface area (TPSA) is 47.1 Å². The molecule has 0 aliphatic carbocycles. The van der Waals surface area contributed by atoms with Gasteiger partial charge in [-0.3, -0.25) is 9.58 Å². The van der Waals surface area contributed by atoms with Crippen LogP contribution in [0.25, 0.3) is 0 Å². The minimum Gasteiger partial charge on any atom is -0.329 e. The van der Waals surface area contributed by atoms with Crippen molar-refractivity contribution < 1.29 is 0 Å². The van der Waals surface area contributed by atoms with Crippen molar-refractivity contribution in [2.45, 2.75) is 52.2 Å². The summed E-state index contributed by atoms with van der Waals surface area (Å²) in [4.78, 5) is 2.52. The van der Waals surface area contributed by atoms with Gasteiger partial charge < -0.3 is 5.73 Å². The van der Waals surface area contributed by atoms with E-state index >= 15 is 0 Å². The Hall–Kier alpha value is -0.580. The number of halogens is 1. The number of piperidine rings is 1. The monoisotopic (exact) mass is 286 g/mol. The van der Waals surface area contributed by atoms with Crippen molar-refractivity contribution in [3.63, 3.8) is 0 Å². The van der Waals surface area contributed by atoms with Crippen molar-refractivity contribution in [2.75, 3.05) is 13.1 Å². The summed E-state index contributed by atoms with van der Waals surface area (Å²) in [6, 6.07) is 0.963. The van der Waals surface area contributed by atoms with Crippen LogP contribution in [-0.2, 0) is 6.54 Å². The molecule has 0 spiro atoms. The fraction of sp³-hybridized carbons (Fsp3) is 0.786. The molecular formula is C14H27ClN4. The highest BCUT2D eigenvalue weighted by molar-refractivity contribution is 5.85. The summed E-state index contributed by atoms with van der Waals surface area (Å²) in [5.41, 5.74) is 7.23. The summed E-state index contributed by atoms with van der Waals surface area (Å²) in [5, 5.41) is 4.41. The molecule has 19 heavy (non-hydrogen) atoms. The Morgan fingerprint density at radius 2 is 2.21 bits per heavy atom. The Morgan fingerprint density at radius 1 is 1.47 bits per heavy atom. The smallest absolute Gasteiger partial charge is 0.0534 e. The van der Waals surface area contributed by atoms with Gasteiger partial charge in [-0.2, -0.15) is 5.10 Å². The Kier molecular flexibility index (Phi) is 6.30. The van der Waals surface area contributed by atoms with Gasteiger partial charge in [-0.15, -0.1) is 12.4 Å². The summed E-state index contributed by atoms with van der Waals surface area (Å²) in [6.07, 6.45) is 6.75. The summed E-state index contributed by atoms with van der Waals surface area (Å²) in [6.45, 7) is 9.55. The molecule has 1 aliphatic heterocycles. The highest BCUT2D eigenvalue weighted by Crippen LogP contribution is 2.24. The predicted octanol–water partition coefficient (Wildman–Crippen LogP) is 2.45. The highest BCUT2D eigenvalue weighted by Gasteiger charge is 2.27. The molecule has 1 aromatic rings. The molecule has 1 fully saturated rings. The lowest BCUT2D eigenvalue weighted by Gasteiger charge is -2.39. The predicted molar refractivity (Wildman–Crippen MR) is 81.5 cm³/mol. The third kappa shape index (κ3) is 3.94. The number of nitrogens with zero attached hydrogens (tertiary/aromatic N) is 3. The second-order valence-electron chi connectivity index (χ2n) is 5.82. The van der Waals surface area contributed by atoms with Crippen LogP contribution in [0.5, 0.6) is 0 Å². The van der Waals surface area contributed by atoms with Gasteiger partial charge in [0.1, 0.15) is 0 Å². The molecule has 4 nitrogen and oxygen atoms in total. The second-order valence-corrected chi connectivity index (χ2v) is 5.82. The fourth-order valence-corrected chi connectivity index (χ4v) is 2.89. The Balaban J connectivity index is 0.00000180. The lowest BCUT2D eigenvalue weighted by molar-refractivity contribution is 0.0990. The quantitative estimate of drug-likeness (QED) is 0.925. The van der Waals surface area contributed by atoms with E-state index < -0.39 is 0 Å². The third-order valence-corrected chi connectivity index (χ3v) is 4.04. The minimum absolute atomic E-state index is 0. The summed E-state index contributed by atoms with van der Waals surface area (Å²) >= 11 is 0. The maximum absolute atomic E-state index is 5.93. The van der Waals surface area contributed by atoms with Crippen molar-refractivity contribution in [3.8, 4) is 0 Å². The van der Waals surface area contributed by atoms with E-state index in [1.807, 2.05) is 10.9 Å². The van der Waals surface area contributed by atoms with E-state index in [1.54, 1.807) is 0 Å². The van der Waals surface area contributed by atoms with Gasteiger partial charge in [0.2, 0.25) is 0 Å². The molecule has 1 aliphatic rings. The zero-order valence-electron chi connectivity index (χ0n) is 12.2. The molecule has 5 heteroatoms. The number of rotatable bonds is 4. The molecule has 2 unspecified atom stereocenters. The average molecular weight is 287 g/mol. The molecule has 2 rings (SSSR count). The molecule has 0 saturated carbocycles. The van der Waals surface area contributed by atoms with Crippen LogP contribution in [0.1, 0.15) is 45.2 Å². The van der Waals surface area contributed by atoms with E-state index in [1.165, 1.54) is 24.9 Å². The normalized spacial score (nSPS) is 24.5. The zero-order valence-corrected chi connectivity index (χ0v) is 13.1. The van der Waals surface area contributed by atoms with E-state index in [-0.39, 0.29) is 12.4 Å². The van der Waals surface area contributed by atoms with Crippen LogP contribution in [0.4, 0.5) is 0 Å². The molecule has 0 amide bonds. The molecule has 1 aromatic heterocycles. The van der Waals surface area contributed by atoms with Crippen LogP contribution in [-0.4, -0.2) is 33.8 Å². The molecule has 2 atom stereocenters. The van der Waals surface area contributed by atoms with Crippen LogP contribution >= 0.6 is 12.4 Å². The lowest BCUT2D eigenvalue weighted by atomic mass is 9.90. The van der Waals surface area contributed by atoms with E-state index in [4.69, 9.17) is 5.73 Å². The summed E-state index contributed by atoms with van der Waals surface area (Å²) in [5.74, 6) is 0.712. The van der Waals surface area contributed by atoms with Gasteiger partial charge in [-0.25, -0.2) is 0 Å².